The van der Waals surface area contributed by atoms with E-state index in [1.54, 1.807) is 14.0 Å². The van der Waals surface area contributed by atoms with E-state index in [2.05, 4.69) is 10.1 Å². The topological polar surface area (TPSA) is 88.8 Å². The zero-order valence-corrected chi connectivity index (χ0v) is 15.0. The summed E-state index contributed by atoms with van der Waals surface area (Å²) in [4.78, 5) is 4.27. The summed E-state index contributed by atoms with van der Waals surface area (Å²) in [6.45, 7) is 7.10. The van der Waals surface area contributed by atoms with Crippen LogP contribution in [0.3, 0.4) is 0 Å². The largest absolute Gasteiger partial charge is 0.383 e. The molecular weight excluding hydrogens is 320 g/mol. The third-order valence-electron chi connectivity index (χ3n) is 3.97. The maximum Gasteiger partial charge on any atom is 0.282 e. The summed E-state index contributed by atoms with van der Waals surface area (Å²) in [6, 6.07) is -0.104. The lowest BCUT2D eigenvalue weighted by atomic mass is 10.2. The fraction of sp³-hybridized carbons (Fsp3) is 0.857. The van der Waals surface area contributed by atoms with Crippen molar-refractivity contribution in [3.05, 3.63) is 11.7 Å². The third kappa shape index (κ3) is 4.09. The molecule has 0 aliphatic carbocycles. The fourth-order valence-electron chi connectivity index (χ4n) is 2.69. The van der Waals surface area contributed by atoms with Crippen molar-refractivity contribution >= 4 is 10.2 Å². The Morgan fingerprint density at radius 3 is 2.78 bits per heavy atom. The summed E-state index contributed by atoms with van der Waals surface area (Å²) < 4.78 is 39.0. The van der Waals surface area contributed by atoms with Crippen molar-refractivity contribution in [2.45, 2.75) is 52.1 Å². The molecule has 0 spiro atoms. The van der Waals surface area contributed by atoms with Crippen LogP contribution < -0.4 is 0 Å². The van der Waals surface area contributed by atoms with Crippen LogP contribution in [0.4, 0.5) is 0 Å². The van der Waals surface area contributed by atoms with E-state index < -0.39 is 10.2 Å². The van der Waals surface area contributed by atoms with Crippen molar-refractivity contribution < 1.29 is 17.7 Å². The van der Waals surface area contributed by atoms with Crippen molar-refractivity contribution in [3.63, 3.8) is 0 Å². The Kier molecular flexibility index (Phi) is 6.12. The van der Waals surface area contributed by atoms with E-state index in [4.69, 9.17) is 9.26 Å². The van der Waals surface area contributed by atoms with Gasteiger partial charge in [-0.1, -0.05) is 25.9 Å². The summed E-state index contributed by atoms with van der Waals surface area (Å²) in [6.07, 6.45) is 1.67. The Morgan fingerprint density at radius 1 is 1.48 bits per heavy atom. The molecule has 0 bridgehead atoms. The van der Waals surface area contributed by atoms with E-state index in [0.717, 1.165) is 12.8 Å². The molecule has 1 aromatic rings. The predicted octanol–water partition coefficient (Wildman–Crippen LogP) is 1.37. The summed E-state index contributed by atoms with van der Waals surface area (Å²) in [7, 11) is -1.98. The van der Waals surface area contributed by atoms with Gasteiger partial charge in [-0.05, 0) is 12.8 Å². The highest BCUT2D eigenvalue weighted by atomic mass is 32.2. The average molecular weight is 346 g/mol. The average Bonchev–Trinajstić information content (AvgIpc) is 3.14. The second-order valence-corrected chi connectivity index (χ2v) is 7.88. The normalized spacial score (nSPS) is 20.0. The number of hydrogen-bond donors (Lipinski definition) is 0. The quantitative estimate of drug-likeness (QED) is 0.706. The number of ether oxygens (including phenoxy) is 1. The van der Waals surface area contributed by atoms with Gasteiger partial charge < -0.3 is 9.26 Å². The Labute approximate surface area is 138 Å². The first-order valence-electron chi connectivity index (χ1n) is 7.98. The van der Waals surface area contributed by atoms with E-state index in [1.807, 2.05) is 13.8 Å². The van der Waals surface area contributed by atoms with Crippen molar-refractivity contribution in [3.8, 4) is 0 Å². The van der Waals surface area contributed by atoms with Gasteiger partial charge in [-0.15, -0.1) is 0 Å². The third-order valence-corrected chi connectivity index (χ3v) is 6.08. The minimum absolute atomic E-state index is 0.0920. The Morgan fingerprint density at radius 2 is 2.22 bits per heavy atom. The van der Waals surface area contributed by atoms with Gasteiger partial charge in [0.15, 0.2) is 5.82 Å². The highest BCUT2D eigenvalue weighted by Crippen LogP contribution is 2.24. The maximum absolute atomic E-state index is 12.9. The fourth-order valence-corrected chi connectivity index (χ4v) is 4.49. The number of methoxy groups -OCH3 is 1. The second kappa shape index (κ2) is 7.69. The SMILES string of the molecule is CCN(Cc1nc(C(C)C)no1)S(=O)(=O)N1CCCC1COC. The molecule has 23 heavy (non-hydrogen) atoms. The molecule has 0 radical (unpaired) electrons. The minimum atomic E-state index is -3.57. The Bertz CT molecular complexity index is 602. The van der Waals surface area contributed by atoms with E-state index in [-0.39, 0.29) is 18.5 Å². The number of rotatable bonds is 8. The molecule has 1 aliphatic heterocycles. The molecule has 1 aromatic heterocycles. The smallest absolute Gasteiger partial charge is 0.282 e. The molecule has 1 aliphatic rings. The molecule has 2 heterocycles. The van der Waals surface area contributed by atoms with Crippen LogP contribution in [0.5, 0.6) is 0 Å². The van der Waals surface area contributed by atoms with Gasteiger partial charge in [-0.25, -0.2) is 0 Å². The lowest BCUT2D eigenvalue weighted by Gasteiger charge is -2.29. The van der Waals surface area contributed by atoms with Crippen molar-refractivity contribution in [2.24, 2.45) is 0 Å². The van der Waals surface area contributed by atoms with Crippen molar-refractivity contribution in [2.75, 3.05) is 26.8 Å². The van der Waals surface area contributed by atoms with Crippen LogP contribution in [0.1, 0.15) is 51.2 Å². The molecule has 9 heteroatoms. The van der Waals surface area contributed by atoms with Crippen LogP contribution in [0, 0.1) is 0 Å². The number of nitrogens with zero attached hydrogens (tertiary/aromatic N) is 4. The van der Waals surface area contributed by atoms with Gasteiger partial charge >= 0.3 is 0 Å². The maximum atomic E-state index is 12.9. The molecule has 1 atom stereocenters. The lowest BCUT2D eigenvalue weighted by molar-refractivity contribution is 0.145. The highest BCUT2D eigenvalue weighted by Gasteiger charge is 2.38. The molecule has 1 unspecified atom stereocenters. The number of hydrogen-bond acceptors (Lipinski definition) is 6. The zero-order chi connectivity index (χ0) is 17.0. The molecular formula is C14H26N4O4S. The van der Waals surface area contributed by atoms with Crippen molar-refractivity contribution in [1.82, 2.24) is 18.8 Å². The standard InChI is InChI=1S/C14H26N4O4S/c1-5-17(9-13-15-14(11(2)3)16-22-13)23(19,20)18-8-6-7-12(18)10-21-4/h11-12H,5-10H2,1-4H3. The van der Waals surface area contributed by atoms with Gasteiger partial charge in [0.2, 0.25) is 5.89 Å². The molecule has 0 N–H and O–H groups in total. The van der Waals surface area contributed by atoms with Gasteiger partial charge in [0.25, 0.3) is 10.2 Å². The van der Waals surface area contributed by atoms with Gasteiger partial charge in [-0.3, -0.25) is 0 Å². The molecule has 1 saturated heterocycles. The molecule has 2 rings (SSSR count). The van der Waals surface area contributed by atoms with Crippen LogP contribution in [0.25, 0.3) is 0 Å². The van der Waals surface area contributed by atoms with Crippen LogP contribution in [-0.4, -0.2) is 60.0 Å². The van der Waals surface area contributed by atoms with Crippen molar-refractivity contribution in [1.29, 1.82) is 0 Å². The monoisotopic (exact) mass is 346 g/mol. The summed E-state index contributed by atoms with van der Waals surface area (Å²) in [5.41, 5.74) is 0. The highest BCUT2D eigenvalue weighted by molar-refractivity contribution is 7.86. The lowest BCUT2D eigenvalue weighted by Crippen LogP contribution is -2.46. The molecule has 0 amide bonds. The zero-order valence-electron chi connectivity index (χ0n) is 14.2. The van der Waals surface area contributed by atoms with Gasteiger partial charge in [0.05, 0.1) is 13.2 Å². The molecule has 0 aromatic carbocycles. The first-order valence-corrected chi connectivity index (χ1v) is 9.38. The van der Waals surface area contributed by atoms with Gasteiger partial charge in [-0.2, -0.15) is 22.0 Å². The molecule has 132 valence electrons. The predicted molar refractivity (Wildman–Crippen MR) is 85.0 cm³/mol. The minimum Gasteiger partial charge on any atom is -0.383 e. The van der Waals surface area contributed by atoms with Crippen LogP contribution in [0.15, 0.2) is 4.52 Å². The molecule has 1 fully saturated rings. The van der Waals surface area contributed by atoms with Crippen LogP contribution in [0.2, 0.25) is 0 Å². The summed E-state index contributed by atoms with van der Waals surface area (Å²) in [5.74, 6) is 1.05. The van der Waals surface area contributed by atoms with E-state index >= 15 is 0 Å². The molecule has 8 nitrogen and oxygen atoms in total. The van der Waals surface area contributed by atoms with Crippen LogP contribution in [-0.2, 0) is 21.5 Å². The molecule has 0 saturated carbocycles. The van der Waals surface area contributed by atoms with E-state index in [0.29, 0.717) is 31.4 Å². The van der Waals surface area contributed by atoms with E-state index in [9.17, 15) is 8.42 Å². The van der Waals surface area contributed by atoms with E-state index in [1.165, 1.54) is 8.61 Å². The van der Waals surface area contributed by atoms with Gasteiger partial charge in [0.1, 0.15) is 0 Å². The summed E-state index contributed by atoms with van der Waals surface area (Å²) >= 11 is 0. The first-order chi connectivity index (χ1) is 10.9. The Hall–Kier alpha value is -1.03. The van der Waals surface area contributed by atoms with Gasteiger partial charge in [0, 0.05) is 32.2 Å². The number of aromatic nitrogens is 2. The first kappa shape index (κ1) is 18.3. The van der Waals surface area contributed by atoms with Crippen LogP contribution >= 0.6 is 0 Å². The second-order valence-electron chi connectivity index (χ2n) is 6.00. The summed E-state index contributed by atoms with van der Waals surface area (Å²) in [5, 5.41) is 3.89. The Balaban J connectivity index is 2.14.